The molecule has 1 saturated carbocycles. The number of carbonyl (C=O) groups is 1. The van der Waals surface area contributed by atoms with E-state index in [9.17, 15) is 18.4 Å². The maximum absolute atomic E-state index is 14.8. The van der Waals surface area contributed by atoms with Gasteiger partial charge >= 0.3 is 5.97 Å². The van der Waals surface area contributed by atoms with Crippen LogP contribution < -0.4 is 10.7 Å². The number of hydrogen-bond donors (Lipinski definition) is 2. The molecule has 0 bridgehead atoms. The lowest BCUT2D eigenvalue weighted by Gasteiger charge is -2.15. The number of fused-ring (bicyclic) bond motifs is 1. The number of rotatable bonds is 5. The molecule has 8 heteroatoms. The second kappa shape index (κ2) is 6.86. The van der Waals surface area contributed by atoms with Crippen molar-refractivity contribution in [1.29, 1.82) is 0 Å². The van der Waals surface area contributed by atoms with Gasteiger partial charge in [-0.3, -0.25) is 4.79 Å². The van der Waals surface area contributed by atoms with Gasteiger partial charge in [0.25, 0.3) is 0 Å². The number of aromatic carboxylic acids is 1. The normalized spacial score (nSPS) is 13.8. The first-order valence-electron chi connectivity index (χ1n) is 7.45. The molecule has 130 valence electrons. The first-order valence-corrected chi connectivity index (χ1v) is 7.45. The van der Waals surface area contributed by atoms with Crippen molar-refractivity contribution in [3.63, 3.8) is 0 Å². The molecule has 1 fully saturated rings. The number of nitrogens with zero attached hydrogens (tertiary/aromatic N) is 1. The van der Waals surface area contributed by atoms with Crippen LogP contribution >= 0.6 is 12.4 Å². The fourth-order valence-electron chi connectivity index (χ4n) is 2.69. The highest BCUT2D eigenvalue weighted by atomic mass is 35.5. The maximum atomic E-state index is 14.8. The fraction of sp³-hybridized carbons (Fsp3) is 0.375. The standard InChI is InChI=1S/C16H16F2N2O3.ClH/c1-2-19-6-10-12(17)5-9-14(13(10)18)20(8-3-4-8)7-11(15(9)21)16(22)23;/h5,7-8,19H,2-4,6H2,1H3,(H,22,23);1H. The average molecular weight is 359 g/mol. The van der Waals surface area contributed by atoms with Crippen molar-refractivity contribution >= 4 is 29.3 Å². The number of carboxylic acids is 1. The zero-order valence-corrected chi connectivity index (χ0v) is 13.8. The molecule has 5 nitrogen and oxygen atoms in total. The summed E-state index contributed by atoms with van der Waals surface area (Å²) < 4.78 is 30.5. The zero-order valence-electron chi connectivity index (χ0n) is 12.9. The number of hydrogen-bond acceptors (Lipinski definition) is 3. The summed E-state index contributed by atoms with van der Waals surface area (Å²) in [5.41, 5.74) is -1.49. The van der Waals surface area contributed by atoms with Gasteiger partial charge in [0.05, 0.1) is 10.9 Å². The zero-order chi connectivity index (χ0) is 16.7. The largest absolute Gasteiger partial charge is 0.477 e. The van der Waals surface area contributed by atoms with Crippen LogP contribution in [0.15, 0.2) is 17.1 Å². The Balaban J connectivity index is 0.00000208. The van der Waals surface area contributed by atoms with Crippen molar-refractivity contribution in [1.82, 2.24) is 9.88 Å². The lowest BCUT2D eigenvalue weighted by Crippen LogP contribution is -2.21. The van der Waals surface area contributed by atoms with E-state index in [0.717, 1.165) is 18.9 Å². The van der Waals surface area contributed by atoms with E-state index < -0.39 is 28.6 Å². The van der Waals surface area contributed by atoms with Gasteiger partial charge < -0.3 is 15.0 Å². The summed E-state index contributed by atoms with van der Waals surface area (Å²) in [4.78, 5) is 23.5. The predicted molar refractivity (Wildman–Crippen MR) is 88.0 cm³/mol. The molecular formula is C16H17ClF2N2O3. The molecule has 0 atom stereocenters. The average Bonchev–Trinajstić information content (AvgIpc) is 3.32. The first-order chi connectivity index (χ1) is 11.0. The van der Waals surface area contributed by atoms with Crippen molar-refractivity contribution in [2.75, 3.05) is 6.54 Å². The predicted octanol–water partition coefficient (Wildman–Crippen LogP) is 2.84. The van der Waals surface area contributed by atoms with E-state index in [4.69, 9.17) is 5.11 Å². The second-order valence-corrected chi connectivity index (χ2v) is 5.64. The summed E-state index contributed by atoms with van der Waals surface area (Å²) in [5, 5.41) is 11.8. The Morgan fingerprint density at radius 2 is 2.08 bits per heavy atom. The lowest BCUT2D eigenvalue weighted by atomic mass is 10.1. The molecule has 3 rings (SSSR count). The molecule has 24 heavy (non-hydrogen) atoms. The molecule has 2 aromatic rings. The summed E-state index contributed by atoms with van der Waals surface area (Å²) in [7, 11) is 0. The summed E-state index contributed by atoms with van der Waals surface area (Å²) in [5.74, 6) is -3.05. The fourth-order valence-corrected chi connectivity index (χ4v) is 2.69. The Bertz CT molecular complexity index is 863. The lowest BCUT2D eigenvalue weighted by molar-refractivity contribution is 0.0695. The minimum absolute atomic E-state index is 0. The van der Waals surface area contributed by atoms with Crippen molar-refractivity contribution < 1.29 is 18.7 Å². The Hall–Kier alpha value is -1.99. The summed E-state index contributed by atoms with van der Waals surface area (Å²) in [6.07, 6.45) is 2.72. The van der Waals surface area contributed by atoms with Crippen LogP contribution in [0.1, 0.15) is 41.7 Å². The number of pyridine rings is 1. The van der Waals surface area contributed by atoms with Crippen LogP contribution in [0, 0.1) is 11.6 Å². The smallest absolute Gasteiger partial charge is 0.341 e. The monoisotopic (exact) mass is 358 g/mol. The first kappa shape index (κ1) is 18.4. The molecule has 0 amide bonds. The van der Waals surface area contributed by atoms with Gasteiger partial charge in [0.15, 0.2) is 5.82 Å². The highest BCUT2D eigenvalue weighted by molar-refractivity contribution is 5.93. The SMILES string of the molecule is CCNCc1c(F)cc2c(=O)c(C(=O)O)cn(C3CC3)c2c1F.Cl. The van der Waals surface area contributed by atoms with Gasteiger partial charge in [-0.25, -0.2) is 13.6 Å². The molecule has 0 spiro atoms. The Morgan fingerprint density at radius 3 is 2.62 bits per heavy atom. The molecule has 0 saturated heterocycles. The van der Waals surface area contributed by atoms with Gasteiger partial charge in [0, 0.05) is 24.3 Å². The minimum Gasteiger partial charge on any atom is -0.477 e. The van der Waals surface area contributed by atoms with Gasteiger partial charge in [0.2, 0.25) is 5.43 Å². The molecule has 0 radical (unpaired) electrons. The minimum atomic E-state index is -1.40. The highest BCUT2D eigenvalue weighted by Crippen LogP contribution is 2.38. The van der Waals surface area contributed by atoms with E-state index in [1.165, 1.54) is 10.8 Å². The van der Waals surface area contributed by atoms with Crippen LogP contribution in [0.2, 0.25) is 0 Å². The quantitative estimate of drug-likeness (QED) is 0.862. The van der Waals surface area contributed by atoms with Gasteiger partial charge in [-0.1, -0.05) is 6.92 Å². The van der Waals surface area contributed by atoms with Crippen molar-refractivity contribution in [3.05, 3.63) is 45.2 Å². The van der Waals surface area contributed by atoms with E-state index in [1.54, 1.807) is 0 Å². The van der Waals surface area contributed by atoms with Crippen LogP contribution in [-0.2, 0) is 6.54 Å². The van der Waals surface area contributed by atoms with Crippen molar-refractivity contribution in [2.24, 2.45) is 0 Å². The molecule has 2 N–H and O–H groups in total. The van der Waals surface area contributed by atoms with E-state index in [2.05, 4.69) is 5.32 Å². The topological polar surface area (TPSA) is 71.3 Å². The third kappa shape index (κ3) is 3.01. The Kier molecular flexibility index (Phi) is 5.25. The molecule has 1 aliphatic rings. The second-order valence-electron chi connectivity index (χ2n) is 5.64. The molecular weight excluding hydrogens is 342 g/mol. The molecule has 1 aliphatic carbocycles. The van der Waals surface area contributed by atoms with Gasteiger partial charge in [-0.2, -0.15) is 0 Å². The molecule has 1 aromatic carbocycles. The summed E-state index contributed by atoms with van der Waals surface area (Å²) in [6, 6.07) is 0.891. The van der Waals surface area contributed by atoms with Gasteiger partial charge in [0.1, 0.15) is 11.4 Å². The van der Waals surface area contributed by atoms with Crippen LogP contribution in [0.5, 0.6) is 0 Å². The Labute approximate surface area is 142 Å². The van der Waals surface area contributed by atoms with E-state index >= 15 is 0 Å². The van der Waals surface area contributed by atoms with Crippen molar-refractivity contribution in [3.8, 4) is 0 Å². The van der Waals surface area contributed by atoms with E-state index in [0.29, 0.717) is 6.54 Å². The number of carboxylic acid groups (broad SMARTS) is 1. The molecule has 1 aromatic heterocycles. The molecule has 0 aliphatic heterocycles. The third-order valence-corrected chi connectivity index (χ3v) is 4.03. The van der Waals surface area contributed by atoms with Crippen LogP contribution in [0.4, 0.5) is 8.78 Å². The Morgan fingerprint density at radius 1 is 1.42 bits per heavy atom. The molecule has 0 unspecified atom stereocenters. The number of benzene rings is 1. The summed E-state index contributed by atoms with van der Waals surface area (Å²) >= 11 is 0. The molecule has 1 heterocycles. The van der Waals surface area contributed by atoms with Gasteiger partial charge in [-0.15, -0.1) is 12.4 Å². The van der Waals surface area contributed by atoms with E-state index in [-0.39, 0.29) is 41.5 Å². The summed E-state index contributed by atoms with van der Waals surface area (Å²) in [6.45, 7) is 2.37. The van der Waals surface area contributed by atoms with Gasteiger partial charge in [-0.05, 0) is 25.5 Å². The van der Waals surface area contributed by atoms with E-state index in [1.807, 2.05) is 6.92 Å². The highest BCUT2D eigenvalue weighted by Gasteiger charge is 2.29. The van der Waals surface area contributed by atoms with Crippen molar-refractivity contribution in [2.45, 2.75) is 32.4 Å². The van der Waals surface area contributed by atoms with Crippen LogP contribution in [0.3, 0.4) is 0 Å². The number of nitrogens with one attached hydrogen (secondary N) is 1. The van der Waals surface area contributed by atoms with Crippen LogP contribution in [0.25, 0.3) is 10.9 Å². The number of aromatic nitrogens is 1. The number of halogens is 3. The maximum Gasteiger partial charge on any atom is 0.341 e. The third-order valence-electron chi connectivity index (χ3n) is 4.03. The van der Waals surface area contributed by atoms with Crippen LogP contribution in [-0.4, -0.2) is 22.2 Å².